The van der Waals surface area contributed by atoms with Crippen LogP contribution in [0.25, 0.3) is 0 Å². The predicted octanol–water partition coefficient (Wildman–Crippen LogP) is 2.73. The first kappa shape index (κ1) is 15.6. The standard InChI is InChI=1S/C18H16N2O4/c21-17(19-11-15-3-1-9-23-15)13-5-7-14(8-6-13)18(22)20-12-16-4-2-10-24-16/h1-10H,11-12H2,(H,19,21)(H,20,22). The molecule has 0 bridgehead atoms. The molecule has 2 amide bonds. The van der Waals surface area contributed by atoms with Gasteiger partial charge in [0.15, 0.2) is 0 Å². The lowest BCUT2D eigenvalue weighted by molar-refractivity contribution is 0.0936. The lowest BCUT2D eigenvalue weighted by Gasteiger charge is -2.06. The van der Waals surface area contributed by atoms with E-state index in [1.165, 1.54) is 0 Å². The van der Waals surface area contributed by atoms with Crippen LogP contribution >= 0.6 is 0 Å². The zero-order valence-electron chi connectivity index (χ0n) is 12.8. The van der Waals surface area contributed by atoms with Gasteiger partial charge in [0.2, 0.25) is 0 Å². The van der Waals surface area contributed by atoms with Gasteiger partial charge < -0.3 is 19.5 Å². The summed E-state index contributed by atoms with van der Waals surface area (Å²) >= 11 is 0. The maximum absolute atomic E-state index is 12.0. The first-order valence-corrected chi connectivity index (χ1v) is 7.43. The lowest BCUT2D eigenvalue weighted by atomic mass is 10.1. The molecule has 6 nitrogen and oxygen atoms in total. The highest BCUT2D eigenvalue weighted by Gasteiger charge is 2.09. The Balaban J connectivity index is 1.54. The maximum atomic E-state index is 12.0. The molecule has 0 atom stereocenters. The molecule has 3 rings (SSSR count). The Bertz CT molecular complexity index is 721. The van der Waals surface area contributed by atoms with E-state index in [1.54, 1.807) is 61.1 Å². The number of carbonyl (C=O) groups excluding carboxylic acids is 2. The van der Waals surface area contributed by atoms with Crippen molar-refractivity contribution in [1.82, 2.24) is 10.6 Å². The van der Waals surface area contributed by atoms with Crippen LogP contribution in [0, 0.1) is 0 Å². The fraction of sp³-hybridized carbons (Fsp3) is 0.111. The number of rotatable bonds is 6. The van der Waals surface area contributed by atoms with Crippen LogP contribution in [0.15, 0.2) is 69.9 Å². The summed E-state index contributed by atoms with van der Waals surface area (Å²) in [5.41, 5.74) is 0.952. The molecule has 0 saturated carbocycles. The van der Waals surface area contributed by atoms with Crippen molar-refractivity contribution in [3.05, 3.63) is 83.7 Å². The summed E-state index contributed by atoms with van der Waals surface area (Å²) < 4.78 is 10.3. The van der Waals surface area contributed by atoms with Crippen LogP contribution in [0.1, 0.15) is 32.2 Å². The largest absolute Gasteiger partial charge is 0.467 e. The predicted molar refractivity (Wildman–Crippen MR) is 86.2 cm³/mol. The third-order valence-electron chi connectivity index (χ3n) is 3.42. The van der Waals surface area contributed by atoms with E-state index in [9.17, 15) is 9.59 Å². The highest BCUT2D eigenvalue weighted by atomic mass is 16.3. The summed E-state index contributed by atoms with van der Waals surface area (Å²) in [4.78, 5) is 24.1. The molecule has 0 saturated heterocycles. The molecule has 0 fully saturated rings. The van der Waals surface area contributed by atoms with Gasteiger partial charge in [0.05, 0.1) is 25.6 Å². The summed E-state index contributed by atoms with van der Waals surface area (Å²) in [5.74, 6) is 0.900. The molecular formula is C18H16N2O4. The zero-order chi connectivity index (χ0) is 16.8. The summed E-state index contributed by atoms with van der Waals surface area (Å²) in [6.07, 6.45) is 3.11. The second-order valence-electron chi connectivity index (χ2n) is 5.10. The van der Waals surface area contributed by atoms with Crippen LogP contribution in [0.4, 0.5) is 0 Å². The number of hydrogen-bond donors (Lipinski definition) is 2. The van der Waals surface area contributed by atoms with Gasteiger partial charge in [-0.15, -0.1) is 0 Å². The monoisotopic (exact) mass is 324 g/mol. The Hall–Kier alpha value is -3.28. The van der Waals surface area contributed by atoms with Crippen molar-refractivity contribution in [1.29, 1.82) is 0 Å². The first-order chi connectivity index (χ1) is 11.7. The van der Waals surface area contributed by atoms with Gasteiger partial charge in [-0.05, 0) is 48.5 Å². The van der Waals surface area contributed by atoms with Gasteiger partial charge in [0, 0.05) is 11.1 Å². The minimum atomic E-state index is -0.228. The molecule has 24 heavy (non-hydrogen) atoms. The molecule has 3 aromatic rings. The smallest absolute Gasteiger partial charge is 0.251 e. The number of carbonyl (C=O) groups is 2. The Labute approximate surface area is 138 Å². The summed E-state index contributed by atoms with van der Waals surface area (Å²) in [5, 5.41) is 5.50. The average molecular weight is 324 g/mol. The second kappa shape index (κ2) is 7.32. The summed E-state index contributed by atoms with van der Waals surface area (Å²) in [6.45, 7) is 0.633. The van der Waals surface area contributed by atoms with Gasteiger partial charge in [-0.1, -0.05) is 0 Å². The molecule has 0 radical (unpaired) electrons. The van der Waals surface area contributed by atoms with Gasteiger partial charge in [-0.2, -0.15) is 0 Å². The van der Waals surface area contributed by atoms with Crippen molar-refractivity contribution < 1.29 is 18.4 Å². The van der Waals surface area contributed by atoms with Crippen LogP contribution in [-0.2, 0) is 13.1 Å². The number of furan rings is 2. The Morgan fingerprint density at radius 1 is 0.708 bits per heavy atom. The number of benzene rings is 1. The Morgan fingerprint density at radius 2 is 1.12 bits per heavy atom. The van der Waals surface area contributed by atoms with Crippen molar-refractivity contribution in [2.45, 2.75) is 13.1 Å². The van der Waals surface area contributed by atoms with Gasteiger partial charge in [-0.3, -0.25) is 9.59 Å². The summed E-state index contributed by atoms with van der Waals surface area (Å²) in [7, 11) is 0. The van der Waals surface area contributed by atoms with Crippen LogP contribution in [0.5, 0.6) is 0 Å². The van der Waals surface area contributed by atoms with E-state index in [4.69, 9.17) is 8.83 Å². The molecule has 1 aromatic carbocycles. The van der Waals surface area contributed by atoms with Crippen molar-refractivity contribution in [3.8, 4) is 0 Å². The van der Waals surface area contributed by atoms with Crippen molar-refractivity contribution in [2.24, 2.45) is 0 Å². The van der Waals surface area contributed by atoms with E-state index in [2.05, 4.69) is 10.6 Å². The van der Waals surface area contributed by atoms with Gasteiger partial charge in [0.1, 0.15) is 11.5 Å². The number of nitrogens with one attached hydrogen (secondary N) is 2. The van der Waals surface area contributed by atoms with Gasteiger partial charge >= 0.3 is 0 Å². The second-order valence-corrected chi connectivity index (χ2v) is 5.10. The van der Waals surface area contributed by atoms with Gasteiger partial charge in [0.25, 0.3) is 11.8 Å². The Kier molecular flexibility index (Phi) is 4.76. The molecule has 0 spiro atoms. The molecule has 0 aliphatic carbocycles. The fourth-order valence-corrected chi connectivity index (χ4v) is 2.14. The molecule has 2 heterocycles. The van der Waals surface area contributed by atoms with Crippen LogP contribution in [-0.4, -0.2) is 11.8 Å². The Morgan fingerprint density at radius 3 is 1.46 bits per heavy atom. The number of amides is 2. The minimum Gasteiger partial charge on any atom is -0.467 e. The van der Waals surface area contributed by atoms with Crippen LogP contribution in [0.2, 0.25) is 0 Å². The lowest BCUT2D eigenvalue weighted by Crippen LogP contribution is -2.24. The van der Waals surface area contributed by atoms with Crippen LogP contribution < -0.4 is 10.6 Å². The third kappa shape index (κ3) is 3.92. The summed E-state index contributed by atoms with van der Waals surface area (Å²) in [6, 6.07) is 13.5. The normalized spacial score (nSPS) is 10.3. The maximum Gasteiger partial charge on any atom is 0.251 e. The SMILES string of the molecule is O=C(NCc1ccco1)c1ccc(C(=O)NCc2ccco2)cc1. The molecule has 122 valence electrons. The average Bonchev–Trinajstić information content (AvgIpc) is 3.31. The van der Waals surface area contributed by atoms with Crippen molar-refractivity contribution >= 4 is 11.8 Å². The van der Waals surface area contributed by atoms with E-state index in [0.717, 1.165) is 0 Å². The molecule has 2 aromatic heterocycles. The fourth-order valence-electron chi connectivity index (χ4n) is 2.14. The molecule has 0 unspecified atom stereocenters. The van der Waals surface area contributed by atoms with Gasteiger partial charge in [-0.25, -0.2) is 0 Å². The molecule has 0 aliphatic heterocycles. The molecule has 2 N–H and O–H groups in total. The highest BCUT2D eigenvalue weighted by molar-refractivity contribution is 5.97. The van der Waals surface area contributed by atoms with E-state index in [1.807, 2.05) is 0 Å². The quantitative estimate of drug-likeness (QED) is 0.730. The number of hydrogen-bond acceptors (Lipinski definition) is 4. The van der Waals surface area contributed by atoms with E-state index in [-0.39, 0.29) is 11.8 Å². The van der Waals surface area contributed by atoms with Crippen molar-refractivity contribution in [3.63, 3.8) is 0 Å². The topological polar surface area (TPSA) is 84.5 Å². The first-order valence-electron chi connectivity index (χ1n) is 7.43. The van der Waals surface area contributed by atoms with E-state index in [0.29, 0.717) is 35.7 Å². The zero-order valence-corrected chi connectivity index (χ0v) is 12.8. The van der Waals surface area contributed by atoms with E-state index < -0.39 is 0 Å². The molecule has 6 heteroatoms. The highest BCUT2D eigenvalue weighted by Crippen LogP contribution is 2.07. The third-order valence-corrected chi connectivity index (χ3v) is 3.42. The van der Waals surface area contributed by atoms with E-state index >= 15 is 0 Å². The molecule has 0 aliphatic rings. The minimum absolute atomic E-state index is 0.228. The molecular weight excluding hydrogens is 308 g/mol. The van der Waals surface area contributed by atoms with Crippen LogP contribution in [0.3, 0.4) is 0 Å². The van der Waals surface area contributed by atoms with Crippen molar-refractivity contribution in [2.75, 3.05) is 0 Å².